The summed E-state index contributed by atoms with van der Waals surface area (Å²) >= 11 is 1.82. The van der Waals surface area contributed by atoms with E-state index in [0.29, 0.717) is 11.8 Å². The van der Waals surface area contributed by atoms with Gasteiger partial charge >= 0.3 is 0 Å². The summed E-state index contributed by atoms with van der Waals surface area (Å²) in [5.74, 6) is 0.769. The molecule has 2 fully saturated rings. The van der Waals surface area contributed by atoms with Crippen molar-refractivity contribution >= 4 is 17.2 Å². The highest BCUT2D eigenvalue weighted by atomic mass is 32.1. The molecule has 0 radical (unpaired) electrons. The molecular formula is C14H20N2OS. The minimum absolute atomic E-state index is 0.355. The van der Waals surface area contributed by atoms with Gasteiger partial charge < -0.3 is 4.90 Å². The molecule has 4 heteroatoms. The number of thiophene rings is 1. The van der Waals surface area contributed by atoms with Crippen LogP contribution in [0.25, 0.3) is 0 Å². The van der Waals surface area contributed by atoms with Gasteiger partial charge in [-0.3, -0.25) is 9.69 Å². The molecule has 98 valence electrons. The maximum absolute atomic E-state index is 12.1. The number of carbonyl (C=O) groups is 1. The highest BCUT2D eigenvalue weighted by Crippen LogP contribution is 2.28. The van der Waals surface area contributed by atoms with Crippen molar-refractivity contribution in [3.8, 4) is 0 Å². The lowest BCUT2D eigenvalue weighted by Gasteiger charge is -2.38. The van der Waals surface area contributed by atoms with E-state index in [0.717, 1.165) is 45.6 Å². The van der Waals surface area contributed by atoms with E-state index in [-0.39, 0.29) is 0 Å². The quantitative estimate of drug-likeness (QED) is 0.835. The normalized spacial score (nSPS) is 21.9. The van der Waals surface area contributed by atoms with Gasteiger partial charge in [-0.15, -0.1) is 11.3 Å². The van der Waals surface area contributed by atoms with Gasteiger partial charge in [0.25, 0.3) is 0 Å². The van der Waals surface area contributed by atoms with Gasteiger partial charge in [0.15, 0.2) is 0 Å². The van der Waals surface area contributed by atoms with E-state index in [1.54, 1.807) is 0 Å². The van der Waals surface area contributed by atoms with Crippen LogP contribution in [-0.2, 0) is 11.3 Å². The van der Waals surface area contributed by atoms with Crippen LogP contribution in [0.2, 0.25) is 0 Å². The molecule has 2 aliphatic rings. The minimum atomic E-state index is 0.355. The van der Waals surface area contributed by atoms with Crippen molar-refractivity contribution in [3.63, 3.8) is 0 Å². The van der Waals surface area contributed by atoms with Crippen molar-refractivity contribution in [2.45, 2.75) is 25.8 Å². The largest absolute Gasteiger partial charge is 0.340 e. The van der Waals surface area contributed by atoms with E-state index < -0.39 is 0 Å². The Hall–Kier alpha value is -0.870. The molecule has 3 nitrogen and oxygen atoms in total. The van der Waals surface area contributed by atoms with Crippen LogP contribution in [0.15, 0.2) is 17.5 Å². The van der Waals surface area contributed by atoms with Crippen molar-refractivity contribution in [2.24, 2.45) is 5.92 Å². The summed E-state index contributed by atoms with van der Waals surface area (Å²) < 4.78 is 0. The first-order valence-corrected chi connectivity index (χ1v) is 7.74. The van der Waals surface area contributed by atoms with Gasteiger partial charge in [0.05, 0.1) is 0 Å². The van der Waals surface area contributed by atoms with Crippen molar-refractivity contribution in [2.75, 3.05) is 26.2 Å². The Morgan fingerprint density at radius 1 is 1.28 bits per heavy atom. The Bertz CT molecular complexity index is 392. The smallest absolute Gasteiger partial charge is 0.225 e. The summed E-state index contributed by atoms with van der Waals surface area (Å²) in [6.07, 6.45) is 3.48. The summed E-state index contributed by atoms with van der Waals surface area (Å²) in [4.78, 5) is 18.1. The lowest BCUT2D eigenvalue weighted by atomic mass is 9.84. The average Bonchev–Trinajstić information content (AvgIpc) is 2.80. The van der Waals surface area contributed by atoms with Crippen LogP contribution in [0.1, 0.15) is 24.1 Å². The van der Waals surface area contributed by atoms with Crippen molar-refractivity contribution in [3.05, 3.63) is 22.4 Å². The van der Waals surface area contributed by atoms with Crippen LogP contribution >= 0.6 is 11.3 Å². The topological polar surface area (TPSA) is 23.6 Å². The second kappa shape index (κ2) is 5.41. The number of hydrogen-bond donors (Lipinski definition) is 0. The van der Waals surface area contributed by atoms with Crippen LogP contribution in [0.3, 0.4) is 0 Å². The predicted octanol–water partition coefficient (Wildman–Crippen LogP) is 2.19. The van der Waals surface area contributed by atoms with Gasteiger partial charge in [-0.05, 0) is 24.3 Å². The summed E-state index contributed by atoms with van der Waals surface area (Å²) in [5, 5.41) is 2.13. The Morgan fingerprint density at radius 3 is 2.61 bits per heavy atom. The highest BCUT2D eigenvalue weighted by Gasteiger charge is 2.31. The van der Waals surface area contributed by atoms with E-state index in [9.17, 15) is 4.79 Å². The zero-order valence-electron chi connectivity index (χ0n) is 10.7. The van der Waals surface area contributed by atoms with E-state index in [1.807, 2.05) is 11.3 Å². The second-order valence-corrected chi connectivity index (χ2v) is 6.34. The lowest BCUT2D eigenvalue weighted by Crippen LogP contribution is -2.50. The van der Waals surface area contributed by atoms with E-state index in [1.165, 1.54) is 11.3 Å². The van der Waals surface area contributed by atoms with Gasteiger partial charge in [0.1, 0.15) is 0 Å². The molecule has 3 rings (SSSR count). The monoisotopic (exact) mass is 264 g/mol. The van der Waals surface area contributed by atoms with Crippen molar-refractivity contribution < 1.29 is 4.79 Å². The maximum Gasteiger partial charge on any atom is 0.225 e. The number of nitrogens with zero attached hydrogens (tertiary/aromatic N) is 2. The molecule has 0 spiro atoms. The zero-order chi connectivity index (χ0) is 12.4. The number of hydrogen-bond acceptors (Lipinski definition) is 3. The van der Waals surface area contributed by atoms with Crippen LogP contribution in [0, 0.1) is 5.92 Å². The van der Waals surface area contributed by atoms with Crippen molar-refractivity contribution in [1.82, 2.24) is 9.80 Å². The number of piperazine rings is 1. The van der Waals surface area contributed by atoms with E-state index in [2.05, 4.69) is 27.3 Å². The van der Waals surface area contributed by atoms with Crippen LogP contribution in [0.4, 0.5) is 0 Å². The Balaban J connectivity index is 1.47. The van der Waals surface area contributed by atoms with Gasteiger partial charge in [-0.2, -0.15) is 0 Å². The average molecular weight is 264 g/mol. The molecule has 1 amide bonds. The Kier molecular flexibility index (Phi) is 3.66. The van der Waals surface area contributed by atoms with Crippen LogP contribution in [0.5, 0.6) is 0 Å². The zero-order valence-corrected chi connectivity index (χ0v) is 11.5. The highest BCUT2D eigenvalue weighted by molar-refractivity contribution is 7.09. The lowest BCUT2D eigenvalue weighted by molar-refractivity contribution is -0.140. The molecule has 1 aromatic heterocycles. The third-order valence-electron chi connectivity index (χ3n) is 4.10. The van der Waals surface area contributed by atoms with Gasteiger partial charge in [-0.1, -0.05) is 12.5 Å². The first-order chi connectivity index (χ1) is 8.83. The molecule has 0 unspecified atom stereocenters. The molecule has 1 saturated carbocycles. The fourth-order valence-electron chi connectivity index (χ4n) is 2.66. The molecule has 1 saturated heterocycles. The summed E-state index contributed by atoms with van der Waals surface area (Å²) in [6, 6.07) is 4.30. The molecule has 2 heterocycles. The summed E-state index contributed by atoms with van der Waals surface area (Å²) in [5.41, 5.74) is 0. The summed E-state index contributed by atoms with van der Waals surface area (Å²) in [7, 11) is 0. The van der Waals surface area contributed by atoms with Crippen LogP contribution in [-0.4, -0.2) is 41.9 Å². The molecular weight excluding hydrogens is 244 g/mol. The van der Waals surface area contributed by atoms with E-state index >= 15 is 0 Å². The first-order valence-electron chi connectivity index (χ1n) is 6.86. The fourth-order valence-corrected chi connectivity index (χ4v) is 3.41. The number of rotatable bonds is 3. The van der Waals surface area contributed by atoms with E-state index in [4.69, 9.17) is 0 Å². The molecule has 18 heavy (non-hydrogen) atoms. The molecule has 0 atom stereocenters. The summed E-state index contributed by atoms with van der Waals surface area (Å²) in [6.45, 7) is 4.93. The van der Waals surface area contributed by atoms with Gasteiger partial charge in [0.2, 0.25) is 5.91 Å². The predicted molar refractivity (Wildman–Crippen MR) is 73.5 cm³/mol. The van der Waals surface area contributed by atoms with Gasteiger partial charge in [0, 0.05) is 43.5 Å². The Labute approximate surface area is 112 Å². The Morgan fingerprint density at radius 2 is 2.06 bits per heavy atom. The van der Waals surface area contributed by atoms with Gasteiger partial charge in [-0.25, -0.2) is 0 Å². The minimum Gasteiger partial charge on any atom is -0.340 e. The molecule has 1 aromatic rings. The SMILES string of the molecule is O=C(C1CCC1)N1CCN(Cc2cccs2)CC1. The maximum atomic E-state index is 12.1. The molecule has 0 N–H and O–H groups in total. The number of amides is 1. The molecule has 1 aliphatic carbocycles. The number of carbonyl (C=O) groups excluding carboxylic acids is 1. The molecule has 0 bridgehead atoms. The third-order valence-corrected chi connectivity index (χ3v) is 4.96. The van der Waals surface area contributed by atoms with Crippen molar-refractivity contribution in [1.29, 1.82) is 0 Å². The first kappa shape index (κ1) is 12.2. The van der Waals surface area contributed by atoms with Crippen LogP contribution < -0.4 is 0 Å². The second-order valence-electron chi connectivity index (χ2n) is 5.31. The molecule has 0 aromatic carbocycles. The fraction of sp³-hybridized carbons (Fsp3) is 0.643. The molecule has 1 aliphatic heterocycles. The third kappa shape index (κ3) is 2.59. The standard InChI is InChI=1S/C14H20N2OS/c17-14(12-3-1-4-12)16-8-6-15(7-9-16)11-13-5-2-10-18-13/h2,5,10,12H,1,3-4,6-9,11H2.